The van der Waals surface area contributed by atoms with E-state index in [0.29, 0.717) is 0 Å². The van der Waals surface area contributed by atoms with Gasteiger partial charge in [0.1, 0.15) is 5.72 Å². The molecule has 1 atom stereocenters. The molecule has 2 aliphatic rings. The molecule has 2 nitrogen and oxygen atoms in total. The zero-order valence-corrected chi connectivity index (χ0v) is 8.32. The van der Waals surface area contributed by atoms with Gasteiger partial charge in [-0.3, -0.25) is 5.32 Å². The Balaban J connectivity index is 2.08. The minimum Gasteiger partial charge on any atom is -0.356 e. The van der Waals surface area contributed by atoms with Gasteiger partial charge in [-0.25, -0.2) is 0 Å². The van der Waals surface area contributed by atoms with E-state index in [2.05, 4.69) is 16.8 Å². The van der Waals surface area contributed by atoms with Gasteiger partial charge < -0.3 is 4.74 Å². The average Bonchev–Trinajstić information content (AvgIpc) is 2.74. The summed E-state index contributed by atoms with van der Waals surface area (Å²) in [5.41, 5.74) is 1.30. The van der Waals surface area contributed by atoms with E-state index < -0.39 is 0 Å². The summed E-state index contributed by atoms with van der Waals surface area (Å²) in [6.45, 7) is 1.97. The minimum absolute atomic E-state index is 0.104. The molecule has 0 aliphatic carbocycles. The molecule has 1 aromatic heterocycles. The Morgan fingerprint density at radius 1 is 1.54 bits per heavy atom. The Hall–Kier alpha value is -0.380. The van der Waals surface area contributed by atoms with Crippen molar-refractivity contribution in [1.29, 1.82) is 0 Å². The van der Waals surface area contributed by atoms with Gasteiger partial charge in [-0.05, 0) is 30.8 Å². The monoisotopic (exact) mass is 195 g/mol. The van der Waals surface area contributed by atoms with Crippen LogP contribution in [0.15, 0.2) is 11.4 Å². The SMILES string of the molecule is c1cc2c(s1)CCOC21CCCN1. The van der Waals surface area contributed by atoms with Crippen molar-refractivity contribution < 1.29 is 4.74 Å². The van der Waals surface area contributed by atoms with Crippen LogP contribution in [-0.2, 0) is 16.9 Å². The molecule has 2 aliphatic heterocycles. The van der Waals surface area contributed by atoms with Gasteiger partial charge in [0.15, 0.2) is 0 Å². The van der Waals surface area contributed by atoms with Crippen molar-refractivity contribution in [2.75, 3.05) is 13.2 Å². The number of thiophene rings is 1. The maximum atomic E-state index is 5.91. The van der Waals surface area contributed by atoms with Gasteiger partial charge in [-0.15, -0.1) is 11.3 Å². The smallest absolute Gasteiger partial charge is 0.146 e. The van der Waals surface area contributed by atoms with Crippen LogP contribution in [0.4, 0.5) is 0 Å². The van der Waals surface area contributed by atoms with Crippen LogP contribution in [-0.4, -0.2) is 13.2 Å². The quantitative estimate of drug-likeness (QED) is 0.682. The molecule has 3 heterocycles. The van der Waals surface area contributed by atoms with Crippen LogP contribution in [0.2, 0.25) is 0 Å². The summed E-state index contributed by atoms with van der Waals surface area (Å²) in [7, 11) is 0. The highest BCUT2D eigenvalue weighted by Gasteiger charge is 2.40. The number of hydrogen-bond acceptors (Lipinski definition) is 3. The molecule has 70 valence electrons. The molecule has 0 bridgehead atoms. The van der Waals surface area contributed by atoms with Crippen LogP contribution >= 0.6 is 11.3 Å². The minimum atomic E-state index is -0.104. The van der Waals surface area contributed by atoms with Crippen molar-refractivity contribution in [3.05, 3.63) is 21.9 Å². The van der Waals surface area contributed by atoms with Crippen LogP contribution < -0.4 is 5.32 Å². The second kappa shape index (κ2) is 2.80. The molecule has 0 amide bonds. The third-order valence-corrected chi connectivity index (χ3v) is 3.95. The predicted octanol–water partition coefficient (Wildman–Crippen LogP) is 1.86. The summed E-state index contributed by atoms with van der Waals surface area (Å²) in [5.74, 6) is 0. The predicted molar refractivity (Wildman–Crippen MR) is 52.9 cm³/mol. The molecule has 1 N–H and O–H groups in total. The normalized spacial score (nSPS) is 32.3. The molecule has 3 heteroatoms. The first-order chi connectivity index (χ1) is 6.41. The van der Waals surface area contributed by atoms with E-state index in [0.717, 1.165) is 26.0 Å². The molecule has 1 aromatic rings. The third-order valence-electron chi connectivity index (χ3n) is 2.97. The molecule has 0 aromatic carbocycles. The molecule has 0 saturated carbocycles. The van der Waals surface area contributed by atoms with Crippen molar-refractivity contribution in [3.8, 4) is 0 Å². The lowest BCUT2D eigenvalue weighted by Crippen LogP contribution is -2.42. The summed E-state index contributed by atoms with van der Waals surface area (Å²) >= 11 is 1.87. The highest BCUT2D eigenvalue weighted by atomic mass is 32.1. The second-order valence-electron chi connectivity index (χ2n) is 3.71. The number of ether oxygens (including phenoxy) is 1. The zero-order chi connectivity index (χ0) is 8.73. The maximum Gasteiger partial charge on any atom is 0.146 e. The number of nitrogens with one attached hydrogen (secondary N) is 1. The van der Waals surface area contributed by atoms with E-state index in [9.17, 15) is 0 Å². The van der Waals surface area contributed by atoms with Crippen LogP contribution in [0.1, 0.15) is 23.3 Å². The highest BCUT2D eigenvalue weighted by molar-refractivity contribution is 7.10. The Kier molecular flexibility index (Phi) is 1.72. The fraction of sp³-hybridized carbons (Fsp3) is 0.600. The largest absolute Gasteiger partial charge is 0.356 e. The van der Waals surface area contributed by atoms with E-state index in [1.165, 1.54) is 16.9 Å². The van der Waals surface area contributed by atoms with Crippen molar-refractivity contribution >= 4 is 11.3 Å². The molecule has 1 fully saturated rings. The third kappa shape index (κ3) is 1.08. The van der Waals surface area contributed by atoms with E-state index >= 15 is 0 Å². The number of fused-ring (bicyclic) bond motifs is 2. The average molecular weight is 195 g/mol. The van der Waals surface area contributed by atoms with Crippen LogP contribution in [0.5, 0.6) is 0 Å². The molecule has 1 unspecified atom stereocenters. The van der Waals surface area contributed by atoms with Crippen molar-refractivity contribution in [3.63, 3.8) is 0 Å². The Morgan fingerprint density at radius 3 is 3.38 bits per heavy atom. The van der Waals surface area contributed by atoms with E-state index in [-0.39, 0.29) is 5.72 Å². The second-order valence-corrected chi connectivity index (χ2v) is 4.71. The fourth-order valence-electron chi connectivity index (χ4n) is 2.36. The van der Waals surface area contributed by atoms with Crippen LogP contribution in [0.3, 0.4) is 0 Å². The molecular formula is C10H13NOS. The molecule has 0 radical (unpaired) electrons. The van der Waals surface area contributed by atoms with Gasteiger partial charge in [-0.2, -0.15) is 0 Å². The summed E-state index contributed by atoms with van der Waals surface area (Å²) in [6, 6.07) is 2.22. The van der Waals surface area contributed by atoms with Crippen molar-refractivity contribution in [2.24, 2.45) is 0 Å². The number of rotatable bonds is 0. The zero-order valence-electron chi connectivity index (χ0n) is 7.51. The first kappa shape index (κ1) is 7.97. The van der Waals surface area contributed by atoms with Crippen LogP contribution in [0.25, 0.3) is 0 Å². The van der Waals surface area contributed by atoms with Gasteiger partial charge >= 0.3 is 0 Å². The summed E-state index contributed by atoms with van der Waals surface area (Å²) in [4.78, 5) is 1.51. The molecular weight excluding hydrogens is 182 g/mol. The van der Waals surface area contributed by atoms with Gasteiger partial charge in [0.25, 0.3) is 0 Å². The Labute approximate surface area is 81.9 Å². The Morgan fingerprint density at radius 2 is 2.54 bits per heavy atom. The highest BCUT2D eigenvalue weighted by Crippen LogP contribution is 2.39. The summed E-state index contributed by atoms with van der Waals surface area (Å²) in [5, 5.41) is 5.68. The Bertz CT molecular complexity index is 314. The standard InChI is InChI=1S/C10H13NOS/c1-4-10(11-5-1)8-3-7-13-9(8)2-6-12-10/h3,7,11H,1-2,4-6H2. The molecule has 1 saturated heterocycles. The van der Waals surface area contributed by atoms with Crippen molar-refractivity contribution in [2.45, 2.75) is 25.0 Å². The van der Waals surface area contributed by atoms with Crippen molar-refractivity contribution in [1.82, 2.24) is 5.32 Å². The van der Waals surface area contributed by atoms with E-state index in [4.69, 9.17) is 4.74 Å². The van der Waals surface area contributed by atoms with Crippen LogP contribution in [0, 0.1) is 0 Å². The number of hydrogen-bond donors (Lipinski definition) is 1. The first-order valence-corrected chi connectivity index (χ1v) is 5.74. The lowest BCUT2D eigenvalue weighted by molar-refractivity contribution is -0.0715. The first-order valence-electron chi connectivity index (χ1n) is 4.87. The molecule has 13 heavy (non-hydrogen) atoms. The lowest BCUT2D eigenvalue weighted by Gasteiger charge is -2.34. The van der Waals surface area contributed by atoms with Gasteiger partial charge in [0, 0.05) is 16.9 Å². The topological polar surface area (TPSA) is 21.3 Å². The maximum absolute atomic E-state index is 5.91. The van der Waals surface area contributed by atoms with Gasteiger partial charge in [-0.1, -0.05) is 0 Å². The van der Waals surface area contributed by atoms with Gasteiger partial charge in [0.05, 0.1) is 6.61 Å². The molecule has 1 spiro atoms. The lowest BCUT2D eigenvalue weighted by atomic mass is 9.98. The van der Waals surface area contributed by atoms with E-state index in [1.54, 1.807) is 0 Å². The van der Waals surface area contributed by atoms with E-state index in [1.807, 2.05) is 11.3 Å². The summed E-state index contributed by atoms with van der Waals surface area (Å²) < 4.78 is 5.91. The fourth-order valence-corrected chi connectivity index (χ4v) is 3.29. The summed E-state index contributed by atoms with van der Waals surface area (Å²) in [6.07, 6.45) is 3.46. The van der Waals surface area contributed by atoms with Gasteiger partial charge in [0.2, 0.25) is 0 Å². The molecule has 3 rings (SSSR count).